The maximum absolute atomic E-state index is 5.75. The van der Waals surface area contributed by atoms with Gasteiger partial charge in [-0.3, -0.25) is 0 Å². The molecule has 0 aliphatic carbocycles. The molecule has 4 rings (SSSR count). The first-order chi connectivity index (χ1) is 14.8. The molecule has 166 valence electrons. The fraction of sp³-hybridized carbons (Fsp3) is 0.240. The number of halogens is 2. The van der Waals surface area contributed by atoms with E-state index in [-0.39, 0.29) is 0 Å². The van der Waals surface area contributed by atoms with Gasteiger partial charge in [0.1, 0.15) is 0 Å². The van der Waals surface area contributed by atoms with Gasteiger partial charge in [-0.15, -0.1) is 65.4 Å². The summed E-state index contributed by atoms with van der Waals surface area (Å²) in [4.78, 5) is 0. The third-order valence-corrected chi connectivity index (χ3v) is 9.01. The van der Waals surface area contributed by atoms with Crippen LogP contribution < -0.4 is 4.74 Å². The second kappa shape index (κ2) is 13.5. The number of ether oxygens (including phenoxy) is 1. The topological polar surface area (TPSA) is 18.5 Å². The first-order valence-electron chi connectivity index (χ1n) is 10.3. The van der Waals surface area contributed by atoms with E-state index in [1.165, 1.54) is 21.5 Å². The van der Waals surface area contributed by atoms with Gasteiger partial charge in [-0.25, -0.2) is 0 Å². The monoisotopic (exact) mass is 550 g/mol. The summed E-state index contributed by atoms with van der Waals surface area (Å²) < 4.78 is 13.4. The number of hydrogen-bond acceptors (Lipinski definition) is 2. The number of rotatable bonds is 5. The standard InChI is InChI=1S/C14H19O2Si.C9H7.C2H4.2ClH.Zr/c1-17(2,3)16-11-10-15-14-9-8-12-6-4-5-7-13(12)14;1-2-5-9-7-3-6-8(9)4-1;1-2;;;/h4-9H,10-11H2,1-3H3;1-7H;1H,2H3;2*1H;/q2*-1;;;;+2/p-2. The van der Waals surface area contributed by atoms with Crippen LogP contribution in [0.3, 0.4) is 0 Å². The molecule has 4 aromatic carbocycles. The largest absolute Gasteiger partial charge is 0.543 e. The van der Waals surface area contributed by atoms with E-state index < -0.39 is 27.2 Å². The third-order valence-electron chi connectivity index (χ3n) is 4.28. The number of fused-ring (bicyclic) bond motifs is 2. The van der Waals surface area contributed by atoms with Crippen molar-refractivity contribution in [3.63, 3.8) is 0 Å². The quantitative estimate of drug-likeness (QED) is 0.142. The minimum Gasteiger partial charge on any atom is -0.543 e. The number of benzene rings is 2. The van der Waals surface area contributed by atoms with Gasteiger partial charge in [0.25, 0.3) is 0 Å². The van der Waals surface area contributed by atoms with E-state index in [2.05, 4.69) is 80.3 Å². The summed E-state index contributed by atoms with van der Waals surface area (Å²) in [5.74, 6) is 0.958. The van der Waals surface area contributed by atoms with Crippen molar-refractivity contribution >= 4 is 50.6 Å². The van der Waals surface area contributed by atoms with E-state index in [0.717, 1.165) is 5.75 Å². The van der Waals surface area contributed by atoms with Crippen LogP contribution in [0.4, 0.5) is 0 Å². The molecule has 0 atom stereocenters. The molecule has 31 heavy (non-hydrogen) atoms. The van der Waals surface area contributed by atoms with Gasteiger partial charge in [-0.2, -0.15) is 17.5 Å². The fourth-order valence-corrected chi connectivity index (χ4v) is 3.51. The Morgan fingerprint density at radius 2 is 1.55 bits per heavy atom. The molecular weight excluding hydrogens is 522 g/mol. The van der Waals surface area contributed by atoms with E-state index in [4.69, 9.17) is 26.2 Å². The zero-order valence-electron chi connectivity index (χ0n) is 18.6. The van der Waals surface area contributed by atoms with Gasteiger partial charge in [0.2, 0.25) is 0 Å². The zero-order chi connectivity index (χ0) is 22.7. The maximum Gasteiger partial charge on any atom is 0.183 e. The molecule has 0 saturated carbocycles. The van der Waals surface area contributed by atoms with Crippen LogP contribution in [0.15, 0.2) is 78.9 Å². The maximum atomic E-state index is 5.75. The van der Waals surface area contributed by atoms with E-state index >= 15 is 0 Å². The molecule has 0 N–H and O–H groups in total. The smallest absolute Gasteiger partial charge is 0.183 e. The van der Waals surface area contributed by atoms with Crippen LogP contribution >= 0.6 is 17.0 Å². The Kier molecular flexibility index (Phi) is 11.4. The van der Waals surface area contributed by atoms with Crippen molar-refractivity contribution in [2.24, 2.45) is 0 Å². The van der Waals surface area contributed by atoms with Crippen molar-refractivity contribution in [3.05, 3.63) is 78.9 Å². The molecule has 0 fully saturated rings. The molecule has 0 saturated heterocycles. The molecule has 0 heterocycles. The van der Waals surface area contributed by atoms with Crippen LogP contribution in [0.5, 0.6) is 5.75 Å². The van der Waals surface area contributed by atoms with Crippen molar-refractivity contribution in [2.75, 3.05) is 13.2 Å². The van der Waals surface area contributed by atoms with Gasteiger partial charge < -0.3 is 9.16 Å². The molecule has 0 aromatic heterocycles. The van der Waals surface area contributed by atoms with E-state index in [1.807, 2.05) is 28.8 Å². The van der Waals surface area contributed by atoms with Crippen molar-refractivity contribution in [1.82, 2.24) is 0 Å². The van der Waals surface area contributed by atoms with Gasteiger partial charge in [-0.05, 0) is 19.6 Å². The summed E-state index contributed by atoms with van der Waals surface area (Å²) in [6.07, 6.45) is 0. The average molecular weight is 553 g/mol. The summed E-state index contributed by atoms with van der Waals surface area (Å²) in [5.41, 5.74) is 0. The predicted octanol–water partition coefficient (Wildman–Crippen LogP) is 8.08. The predicted molar refractivity (Wildman–Crippen MR) is 137 cm³/mol. The molecule has 0 amide bonds. The Morgan fingerprint density at radius 1 is 0.903 bits per heavy atom. The van der Waals surface area contributed by atoms with Crippen LogP contribution in [0.25, 0.3) is 21.5 Å². The van der Waals surface area contributed by atoms with Gasteiger partial charge in [0.05, 0.1) is 13.2 Å². The Morgan fingerprint density at radius 3 is 2.19 bits per heavy atom. The van der Waals surface area contributed by atoms with Crippen molar-refractivity contribution in [3.8, 4) is 5.75 Å². The summed E-state index contributed by atoms with van der Waals surface area (Å²) in [5, 5.41) is 5.07. The van der Waals surface area contributed by atoms with E-state index in [1.54, 1.807) is 0 Å². The second-order valence-corrected chi connectivity index (χ2v) is 21.1. The minimum atomic E-state index is -1.76. The summed E-state index contributed by atoms with van der Waals surface area (Å²) in [6.45, 7) is 9.75. The van der Waals surface area contributed by atoms with Crippen LogP contribution in [-0.2, 0) is 23.3 Å². The summed E-state index contributed by atoms with van der Waals surface area (Å²) in [7, 11) is 9.32. The average Bonchev–Trinajstić information content (AvgIpc) is 3.38. The Bertz CT molecular complexity index is 1050. The Balaban J connectivity index is 0.000000202. The SMILES string of the molecule is C[CH]=[Zr]([Cl])[Cl].C[Si](C)(C)OCCOc1c[cH-]c2ccccc12.c1ccc2[cH-]ccc2c1. The van der Waals surface area contributed by atoms with Crippen LogP contribution in [-0.4, -0.2) is 25.2 Å². The number of hydrogen-bond donors (Lipinski definition) is 0. The molecule has 0 radical (unpaired) electrons. The molecule has 0 unspecified atom stereocenters. The Labute approximate surface area is 201 Å². The van der Waals surface area contributed by atoms with Gasteiger partial charge in [0.15, 0.2) is 8.32 Å². The summed E-state index contributed by atoms with van der Waals surface area (Å²) in [6, 6.07) is 27.0. The van der Waals surface area contributed by atoms with Crippen LogP contribution in [0.2, 0.25) is 19.6 Å². The van der Waals surface area contributed by atoms with Crippen molar-refractivity contribution in [1.29, 1.82) is 0 Å². The van der Waals surface area contributed by atoms with Crippen LogP contribution in [0, 0.1) is 0 Å². The van der Waals surface area contributed by atoms with Crippen molar-refractivity contribution in [2.45, 2.75) is 26.6 Å². The second-order valence-electron chi connectivity index (χ2n) is 7.83. The summed E-state index contributed by atoms with van der Waals surface area (Å²) >= 11 is -1.76. The van der Waals surface area contributed by atoms with Gasteiger partial charge in [-0.1, -0.05) is 17.5 Å². The first-order valence-corrected chi connectivity index (χ1v) is 21.4. The molecule has 2 nitrogen and oxygen atoms in total. The minimum absolute atomic E-state index is 0.623. The molecule has 0 spiro atoms. The van der Waals surface area contributed by atoms with Crippen LogP contribution in [0.1, 0.15) is 6.92 Å². The fourth-order valence-electron chi connectivity index (χ4n) is 2.82. The Hall–Kier alpha value is -1.03. The van der Waals surface area contributed by atoms with Gasteiger partial charge in [0, 0.05) is 5.75 Å². The molecule has 0 aliphatic rings. The zero-order valence-corrected chi connectivity index (χ0v) is 23.5. The third kappa shape index (κ3) is 9.97. The molecular formula is C25H30Cl2O2SiZr-2. The van der Waals surface area contributed by atoms with E-state index in [9.17, 15) is 0 Å². The molecule has 0 bridgehead atoms. The van der Waals surface area contributed by atoms with Crippen molar-refractivity contribution < 1.29 is 28.0 Å². The molecule has 0 aliphatic heterocycles. The molecule has 4 aromatic rings. The van der Waals surface area contributed by atoms with E-state index in [0.29, 0.717) is 13.2 Å². The normalized spacial score (nSPS) is 10.6. The van der Waals surface area contributed by atoms with Gasteiger partial charge >= 0.3 is 46.5 Å². The first kappa shape index (κ1) is 26.2. The molecule has 6 heteroatoms.